The van der Waals surface area contributed by atoms with Crippen molar-refractivity contribution >= 4 is 38.2 Å². The largest absolute Gasteiger partial charge is 0.378 e. The number of aromatic nitrogens is 2. The molecule has 0 unspecified atom stereocenters. The zero-order valence-electron chi connectivity index (χ0n) is 18.7. The highest BCUT2D eigenvalue weighted by Gasteiger charge is 2.14. The Bertz CT molecular complexity index is 1420. The molecule has 4 aromatic rings. The maximum Gasteiger partial charge on any atom is 0.240 e. The Balaban J connectivity index is 1.45. The molecule has 5 rings (SSSR count). The van der Waals surface area contributed by atoms with Crippen LogP contribution >= 0.6 is 0 Å². The average Bonchev–Trinajstić information content (AvgIpc) is 2.89. The minimum Gasteiger partial charge on any atom is -0.378 e. The van der Waals surface area contributed by atoms with Crippen molar-refractivity contribution < 1.29 is 13.2 Å². The molecule has 2 N–H and O–H groups in total. The predicted octanol–water partition coefficient (Wildman–Crippen LogP) is 3.79. The van der Waals surface area contributed by atoms with Gasteiger partial charge in [0.2, 0.25) is 16.0 Å². The predicted molar refractivity (Wildman–Crippen MR) is 134 cm³/mol. The maximum atomic E-state index is 12.1. The fourth-order valence-electron chi connectivity index (χ4n) is 4.01. The van der Waals surface area contributed by atoms with Gasteiger partial charge < -0.3 is 15.0 Å². The highest BCUT2D eigenvalue weighted by atomic mass is 32.2. The lowest BCUT2D eigenvalue weighted by molar-refractivity contribution is 0.122. The van der Waals surface area contributed by atoms with Gasteiger partial charge in [-0.3, -0.25) is 0 Å². The van der Waals surface area contributed by atoms with E-state index < -0.39 is 10.0 Å². The Hall–Kier alpha value is -3.53. The number of hydrogen-bond donors (Lipinski definition) is 2. The number of para-hydroxylation sites is 1. The Kier molecular flexibility index (Phi) is 6.14. The number of rotatable bonds is 6. The average molecular weight is 476 g/mol. The first-order valence-corrected chi connectivity index (χ1v) is 12.5. The zero-order chi connectivity index (χ0) is 23.5. The highest BCUT2D eigenvalue weighted by Crippen LogP contribution is 2.29. The van der Waals surface area contributed by atoms with Gasteiger partial charge in [-0.1, -0.05) is 36.4 Å². The summed E-state index contributed by atoms with van der Waals surface area (Å²) >= 11 is 0. The van der Waals surface area contributed by atoms with Crippen LogP contribution in [0.15, 0.2) is 77.8 Å². The van der Waals surface area contributed by atoms with Crippen molar-refractivity contribution in [1.82, 2.24) is 14.7 Å². The molecule has 1 aliphatic heterocycles. The molecule has 0 amide bonds. The van der Waals surface area contributed by atoms with Crippen LogP contribution in [0.3, 0.4) is 0 Å². The molecule has 0 radical (unpaired) electrons. The molecule has 34 heavy (non-hydrogen) atoms. The summed E-state index contributed by atoms with van der Waals surface area (Å²) in [6, 6.07) is 20.8. The first-order valence-electron chi connectivity index (χ1n) is 11.0. The van der Waals surface area contributed by atoms with Crippen LogP contribution < -0.4 is 14.9 Å². The van der Waals surface area contributed by atoms with Crippen molar-refractivity contribution in [2.24, 2.45) is 0 Å². The van der Waals surface area contributed by atoms with Gasteiger partial charge >= 0.3 is 0 Å². The van der Waals surface area contributed by atoms with Crippen molar-refractivity contribution in [2.75, 3.05) is 43.6 Å². The van der Waals surface area contributed by atoms with Gasteiger partial charge in [-0.15, -0.1) is 0 Å². The fourth-order valence-corrected chi connectivity index (χ4v) is 4.74. The third-order valence-electron chi connectivity index (χ3n) is 5.83. The second-order valence-corrected chi connectivity index (χ2v) is 9.83. The van der Waals surface area contributed by atoms with Gasteiger partial charge in [0.05, 0.1) is 23.6 Å². The molecular weight excluding hydrogens is 450 g/mol. The summed E-state index contributed by atoms with van der Waals surface area (Å²) < 4.78 is 31.9. The normalized spacial score (nSPS) is 14.3. The fraction of sp³-hybridized carbons (Fsp3) is 0.200. The van der Waals surface area contributed by atoms with Crippen molar-refractivity contribution in [2.45, 2.75) is 4.90 Å². The third kappa shape index (κ3) is 4.58. The second-order valence-electron chi connectivity index (χ2n) is 7.94. The van der Waals surface area contributed by atoms with Gasteiger partial charge in [-0.05, 0) is 42.9 Å². The quantitative estimate of drug-likeness (QED) is 0.438. The number of anilines is 3. The smallest absolute Gasteiger partial charge is 0.240 e. The molecule has 3 aromatic carbocycles. The van der Waals surface area contributed by atoms with Crippen LogP contribution in [0.4, 0.5) is 17.3 Å². The Morgan fingerprint density at radius 3 is 2.50 bits per heavy atom. The number of fused-ring (bicyclic) bond motifs is 1. The minimum absolute atomic E-state index is 0.219. The van der Waals surface area contributed by atoms with Crippen molar-refractivity contribution in [3.63, 3.8) is 0 Å². The Labute approximate surface area is 198 Å². The van der Waals surface area contributed by atoms with Crippen LogP contribution in [0.5, 0.6) is 0 Å². The molecule has 8 nitrogen and oxygen atoms in total. The van der Waals surface area contributed by atoms with Gasteiger partial charge in [0.25, 0.3) is 0 Å². The van der Waals surface area contributed by atoms with E-state index in [0.29, 0.717) is 5.95 Å². The molecule has 2 heterocycles. The highest BCUT2D eigenvalue weighted by molar-refractivity contribution is 7.89. The van der Waals surface area contributed by atoms with Gasteiger partial charge in [0, 0.05) is 41.6 Å². The topological polar surface area (TPSA) is 96.5 Å². The van der Waals surface area contributed by atoms with E-state index in [2.05, 4.69) is 32.1 Å². The van der Waals surface area contributed by atoms with Crippen molar-refractivity contribution in [1.29, 1.82) is 0 Å². The standard InChI is InChI=1S/C25H25N5O3S/c1-26-34(31,32)22-10-8-18(9-11-22)23-7-2-4-19-17-27-25(29-24(19)23)28-20-5-3-6-21(16-20)30-12-14-33-15-13-30/h2-11,16-17,26H,12-15H2,1H3,(H,27,28,29). The lowest BCUT2D eigenvalue weighted by atomic mass is 10.0. The van der Waals surface area contributed by atoms with Crippen LogP contribution in [0.1, 0.15) is 0 Å². The van der Waals surface area contributed by atoms with E-state index in [1.165, 1.54) is 7.05 Å². The van der Waals surface area contributed by atoms with E-state index >= 15 is 0 Å². The van der Waals surface area contributed by atoms with Crippen LogP contribution in [0.25, 0.3) is 22.0 Å². The van der Waals surface area contributed by atoms with Crippen molar-refractivity contribution in [3.05, 3.63) is 72.9 Å². The summed E-state index contributed by atoms with van der Waals surface area (Å²) in [6.45, 7) is 3.20. The molecule has 174 valence electrons. The number of sulfonamides is 1. The van der Waals surface area contributed by atoms with E-state index in [4.69, 9.17) is 9.72 Å². The van der Waals surface area contributed by atoms with Gasteiger partial charge in [-0.25, -0.2) is 23.1 Å². The molecule has 0 spiro atoms. The molecular formula is C25H25N5O3S. The van der Waals surface area contributed by atoms with E-state index in [1.807, 2.05) is 30.3 Å². The van der Waals surface area contributed by atoms with Crippen LogP contribution in [-0.2, 0) is 14.8 Å². The second kappa shape index (κ2) is 9.38. The molecule has 0 bridgehead atoms. The molecule has 9 heteroatoms. The molecule has 1 saturated heterocycles. The van der Waals surface area contributed by atoms with E-state index in [-0.39, 0.29) is 4.90 Å². The monoisotopic (exact) mass is 475 g/mol. The Morgan fingerprint density at radius 2 is 1.74 bits per heavy atom. The number of ether oxygens (including phenoxy) is 1. The number of morpholine rings is 1. The summed E-state index contributed by atoms with van der Waals surface area (Å²) in [4.78, 5) is 11.8. The minimum atomic E-state index is -3.49. The molecule has 0 aliphatic carbocycles. The maximum absolute atomic E-state index is 12.1. The molecule has 1 fully saturated rings. The lowest BCUT2D eigenvalue weighted by Gasteiger charge is -2.29. The SMILES string of the molecule is CNS(=O)(=O)c1ccc(-c2cccc3cnc(Nc4cccc(N5CCOCC5)c4)nc23)cc1. The zero-order valence-corrected chi connectivity index (χ0v) is 19.5. The Morgan fingerprint density at radius 1 is 0.971 bits per heavy atom. The van der Waals surface area contributed by atoms with Gasteiger partial charge in [0.1, 0.15) is 0 Å². The first kappa shape index (κ1) is 22.3. The molecule has 0 saturated carbocycles. The summed E-state index contributed by atoms with van der Waals surface area (Å²) in [5.74, 6) is 0.494. The molecule has 0 atom stereocenters. The van der Waals surface area contributed by atoms with E-state index in [1.54, 1.807) is 30.5 Å². The number of benzene rings is 3. The van der Waals surface area contributed by atoms with Crippen LogP contribution in [0, 0.1) is 0 Å². The van der Waals surface area contributed by atoms with Crippen LogP contribution in [-0.4, -0.2) is 51.7 Å². The number of hydrogen-bond acceptors (Lipinski definition) is 7. The molecule has 1 aliphatic rings. The van der Waals surface area contributed by atoms with Crippen molar-refractivity contribution in [3.8, 4) is 11.1 Å². The van der Waals surface area contributed by atoms with Gasteiger partial charge in [0.15, 0.2) is 0 Å². The summed E-state index contributed by atoms with van der Waals surface area (Å²) in [5, 5.41) is 4.22. The van der Waals surface area contributed by atoms with E-state index in [9.17, 15) is 8.42 Å². The summed E-state index contributed by atoms with van der Waals surface area (Å²) in [5.41, 5.74) is 4.60. The lowest BCUT2D eigenvalue weighted by Crippen LogP contribution is -2.36. The number of nitrogens with zero attached hydrogens (tertiary/aromatic N) is 3. The third-order valence-corrected chi connectivity index (χ3v) is 7.26. The summed E-state index contributed by atoms with van der Waals surface area (Å²) in [6.07, 6.45) is 1.79. The number of nitrogens with one attached hydrogen (secondary N) is 2. The van der Waals surface area contributed by atoms with Gasteiger partial charge in [-0.2, -0.15) is 0 Å². The van der Waals surface area contributed by atoms with Crippen LogP contribution in [0.2, 0.25) is 0 Å². The van der Waals surface area contributed by atoms with E-state index in [0.717, 1.165) is 59.7 Å². The molecule has 1 aromatic heterocycles. The summed E-state index contributed by atoms with van der Waals surface area (Å²) in [7, 11) is -2.09. The first-order chi connectivity index (χ1) is 16.5.